The van der Waals surface area contributed by atoms with E-state index in [9.17, 15) is 0 Å². The number of rotatable bonds is 2. The third-order valence-corrected chi connectivity index (χ3v) is 5.12. The lowest BCUT2D eigenvalue weighted by molar-refractivity contribution is 0.169. The standard InChI is InChI=1S/C9H14BrN3S/c1-9(2)8(10)3-4-13(9)5-7-6-14-12-11-7/h6,8H,3-5H2,1-2H3. The van der Waals surface area contributed by atoms with Gasteiger partial charge in [0, 0.05) is 28.8 Å². The average Bonchev–Trinajstić information content (AvgIpc) is 2.70. The zero-order valence-corrected chi connectivity index (χ0v) is 10.8. The van der Waals surface area contributed by atoms with E-state index in [1.165, 1.54) is 18.0 Å². The van der Waals surface area contributed by atoms with Crippen molar-refractivity contribution >= 4 is 27.5 Å². The lowest BCUT2D eigenvalue weighted by Crippen LogP contribution is -2.42. The summed E-state index contributed by atoms with van der Waals surface area (Å²) in [5.74, 6) is 0. The minimum absolute atomic E-state index is 0.226. The number of hydrogen-bond donors (Lipinski definition) is 0. The first-order chi connectivity index (χ1) is 6.60. The Bertz CT molecular complexity index is 299. The molecule has 0 bridgehead atoms. The molecule has 0 N–H and O–H groups in total. The summed E-state index contributed by atoms with van der Waals surface area (Å²) >= 11 is 5.15. The number of aromatic nitrogens is 2. The van der Waals surface area contributed by atoms with Gasteiger partial charge in [-0.15, -0.1) is 5.10 Å². The van der Waals surface area contributed by atoms with Crippen LogP contribution in [0.3, 0.4) is 0 Å². The summed E-state index contributed by atoms with van der Waals surface area (Å²) in [6, 6.07) is 0. The maximum atomic E-state index is 4.08. The summed E-state index contributed by atoms with van der Waals surface area (Å²) < 4.78 is 3.88. The van der Waals surface area contributed by atoms with E-state index in [0.29, 0.717) is 4.83 Å². The minimum atomic E-state index is 0.226. The fourth-order valence-corrected chi connectivity index (χ4v) is 2.78. The number of halogens is 1. The van der Waals surface area contributed by atoms with Gasteiger partial charge in [0.15, 0.2) is 0 Å². The summed E-state index contributed by atoms with van der Waals surface area (Å²) in [4.78, 5) is 3.05. The Morgan fingerprint density at radius 2 is 2.50 bits per heavy atom. The highest BCUT2D eigenvalue weighted by atomic mass is 79.9. The molecule has 0 saturated carbocycles. The second kappa shape index (κ2) is 3.87. The van der Waals surface area contributed by atoms with E-state index in [0.717, 1.165) is 18.8 Å². The van der Waals surface area contributed by atoms with E-state index in [2.05, 4.69) is 44.3 Å². The summed E-state index contributed by atoms with van der Waals surface area (Å²) in [7, 11) is 0. The Morgan fingerprint density at radius 1 is 1.71 bits per heavy atom. The summed E-state index contributed by atoms with van der Waals surface area (Å²) in [5, 5.41) is 6.11. The van der Waals surface area contributed by atoms with Crippen molar-refractivity contribution in [2.75, 3.05) is 6.54 Å². The van der Waals surface area contributed by atoms with Crippen molar-refractivity contribution in [2.45, 2.75) is 37.2 Å². The quantitative estimate of drug-likeness (QED) is 0.776. The smallest absolute Gasteiger partial charge is 0.0895 e. The van der Waals surface area contributed by atoms with Crippen LogP contribution in [0.4, 0.5) is 0 Å². The third kappa shape index (κ3) is 1.85. The van der Waals surface area contributed by atoms with E-state index in [-0.39, 0.29) is 5.54 Å². The maximum absolute atomic E-state index is 4.08. The molecular formula is C9H14BrN3S. The van der Waals surface area contributed by atoms with Gasteiger partial charge in [-0.25, -0.2) is 0 Å². The molecule has 5 heteroatoms. The molecule has 14 heavy (non-hydrogen) atoms. The molecule has 0 aliphatic carbocycles. The van der Waals surface area contributed by atoms with Gasteiger partial charge in [0.2, 0.25) is 0 Å². The molecule has 1 saturated heterocycles. The Labute approximate surface area is 96.8 Å². The van der Waals surface area contributed by atoms with Crippen molar-refractivity contribution in [3.05, 3.63) is 11.1 Å². The molecule has 1 aliphatic rings. The van der Waals surface area contributed by atoms with Crippen LogP contribution in [0.1, 0.15) is 26.0 Å². The van der Waals surface area contributed by atoms with Gasteiger partial charge in [-0.05, 0) is 31.8 Å². The summed E-state index contributed by atoms with van der Waals surface area (Å²) in [6.45, 7) is 6.62. The van der Waals surface area contributed by atoms with E-state index in [1.807, 2.05) is 5.38 Å². The fourth-order valence-electron chi connectivity index (χ4n) is 1.84. The van der Waals surface area contributed by atoms with Crippen LogP contribution < -0.4 is 0 Å². The summed E-state index contributed by atoms with van der Waals surface area (Å²) in [6.07, 6.45) is 1.21. The van der Waals surface area contributed by atoms with Crippen LogP contribution >= 0.6 is 27.5 Å². The normalized spacial score (nSPS) is 26.9. The minimum Gasteiger partial charge on any atom is -0.291 e. The van der Waals surface area contributed by atoms with Crippen molar-refractivity contribution in [1.82, 2.24) is 14.5 Å². The zero-order chi connectivity index (χ0) is 10.2. The molecule has 78 valence electrons. The summed E-state index contributed by atoms with van der Waals surface area (Å²) in [5.41, 5.74) is 1.31. The second-order valence-electron chi connectivity index (χ2n) is 4.23. The molecule has 3 nitrogen and oxygen atoms in total. The van der Waals surface area contributed by atoms with Gasteiger partial charge >= 0.3 is 0 Å². The lowest BCUT2D eigenvalue weighted by Gasteiger charge is -2.33. The molecule has 2 rings (SSSR count). The van der Waals surface area contributed by atoms with Gasteiger partial charge in [0.25, 0.3) is 0 Å². The van der Waals surface area contributed by atoms with Gasteiger partial charge in [-0.2, -0.15) is 0 Å². The van der Waals surface area contributed by atoms with Gasteiger partial charge in [0.1, 0.15) is 0 Å². The van der Waals surface area contributed by atoms with Crippen LogP contribution in [0, 0.1) is 0 Å². The van der Waals surface area contributed by atoms with Crippen molar-refractivity contribution < 1.29 is 0 Å². The van der Waals surface area contributed by atoms with Crippen LogP contribution in [0.5, 0.6) is 0 Å². The maximum Gasteiger partial charge on any atom is 0.0895 e. The van der Waals surface area contributed by atoms with Crippen molar-refractivity contribution in [3.63, 3.8) is 0 Å². The first kappa shape index (κ1) is 10.5. The molecule has 0 radical (unpaired) electrons. The molecule has 1 aromatic heterocycles. The molecule has 1 unspecified atom stereocenters. The van der Waals surface area contributed by atoms with Gasteiger partial charge in [0.05, 0.1) is 5.69 Å². The van der Waals surface area contributed by atoms with Crippen molar-refractivity contribution in [3.8, 4) is 0 Å². The largest absolute Gasteiger partial charge is 0.291 e. The van der Waals surface area contributed by atoms with Gasteiger partial charge in [-0.1, -0.05) is 20.4 Å². The molecule has 1 aliphatic heterocycles. The molecule has 1 aromatic rings. The van der Waals surface area contributed by atoms with Crippen LogP contribution in [0.15, 0.2) is 5.38 Å². The average molecular weight is 276 g/mol. The number of alkyl halides is 1. The van der Waals surface area contributed by atoms with E-state index in [1.54, 1.807) is 0 Å². The van der Waals surface area contributed by atoms with Crippen molar-refractivity contribution in [2.24, 2.45) is 0 Å². The van der Waals surface area contributed by atoms with Crippen molar-refractivity contribution in [1.29, 1.82) is 0 Å². The molecule has 0 spiro atoms. The number of nitrogens with zero attached hydrogens (tertiary/aromatic N) is 3. The zero-order valence-electron chi connectivity index (χ0n) is 8.40. The van der Waals surface area contributed by atoms with Crippen LogP contribution in [-0.2, 0) is 6.54 Å². The predicted molar refractivity (Wildman–Crippen MR) is 61.7 cm³/mol. The highest BCUT2D eigenvalue weighted by molar-refractivity contribution is 9.09. The van der Waals surface area contributed by atoms with Gasteiger partial charge in [-0.3, -0.25) is 4.90 Å². The SMILES string of the molecule is CC1(C)C(Br)CCN1Cc1csnn1. The van der Waals surface area contributed by atoms with Gasteiger partial charge < -0.3 is 0 Å². The molecule has 1 atom stereocenters. The Kier molecular flexibility index (Phi) is 2.91. The van der Waals surface area contributed by atoms with E-state index >= 15 is 0 Å². The van der Waals surface area contributed by atoms with Crippen LogP contribution in [0.25, 0.3) is 0 Å². The monoisotopic (exact) mass is 275 g/mol. The van der Waals surface area contributed by atoms with E-state index < -0.39 is 0 Å². The third-order valence-electron chi connectivity index (χ3n) is 2.99. The fraction of sp³-hybridized carbons (Fsp3) is 0.778. The highest BCUT2D eigenvalue weighted by Crippen LogP contribution is 2.34. The number of hydrogen-bond acceptors (Lipinski definition) is 4. The topological polar surface area (TPSA) is 29.0 Å². The predicted octanol–water partition coefficient (Wildman–Crippen LogP) is 2.29. The molecular weight excluding hydrogens is 262 g/mol. The Hall–Kier alpha value is 0. The molecule has 2 heterocycles. The Balaban J connectivity index is 2.06. The Morgan fingerprint density at radius 3 is 3.00 bits per heavy atom. The highest BCUT2D eigenvalue weighted by Gasteiger charge is 2.39. The molecule has 0 aromatic carbocycles. The first-order valence-corrected chi connectivity index (χ1v) is 6.51. The number of likely N-dealkylation sites (tertiary alicyclic amines) is 1. The first-order valence-electron chi connectivity index (χ1n) is 4.76. The van der Waals surface area contributed by atoms with E-state index in [4.69, 9.17) is 0 Å². The second-order valence-corrected chi connectivity index (χ2v) is 5.94. The molecule has 1 fully saturated rings. The lowest BCUT2D eigenvalue weighted by atomic mass is 10.0. The van der Waals surface area contributed by atoms with Crippen LogP contribution in [-0.4, -0.2) is 31.4 Å². The van der Waals surface area contributed by atoms with Crippen LogP contribution in [0.2, 0.25) is 0 Å². The molecule has 0 amide bonds.